The highest BCUT2D eigenvalue weighted by atomic mass is 19.1. The summed E-state index contributed by atoms with van der Waals surface area (Å²) in [5.41, 5.74) is 2.73. The van der Waals surface area contributed by atoms with Crippen molar-refractivity contribution in [3.63, 3.8) is 0 Å². The van der Waals surface area contributed by atoms with E-state index >= 15 is 0 Å². The van der Waals surface area contributed by atoms with E-state index in [1.165, 1.54) is 12.1 Å². The lowest BCUT2D eigenvalue weighted by molar-refractivity contribution is 0.628. The van der Waals surface area contributed by atoms with Crippen molar-refractivity contribution in [2.45, 2.75) is 6.92 Å². The van der Waals surface area contributed by atoms with E-state index in [1.807, 2.05) is 13.0 Å². The Hall–Kier alpha value is -2.55. The fourth-order valence-corrected chi connectivity index (χ4v) is 2.32. The Balaban J connectivity index is 2.29. The molecule has 0 unspecified atom stereocenters. The van der Waals surface area contributed by atoms with Crippen LogP contribution in [0.3, 0.4) is 0 Å². The summed E-state index contributed by atoms with van der Waals surface area (Å²) in [4.78, 5) is 4.32. The van der Waals surface area contributed by atoms with Gasteiger partial charge in [0.1, 0.15) is 11.6 Å². The third-order valence-corrected chi connectivity index (χ3v) is 3.32. The third-order valence-electron chi connectivity index (χ3n) is 3.32. The molecule has 1 aromatic heterocycles. The van der Waals surface area contributed by atoms with Crippen molar-refractivity contribution < 1.29 is 8.78 Å². The lowest BCUT2D eigenvalue weighted by Crippen LogP contribution is -1.95. The molecule has 0 saturated carbocycles. The molecule has 0 aliphatic rings. The van der Waals surface area contributed by atoms with Gasteiger partial charge in [-0.1, -0.05) is 30.3 Å². The summed E-state index contributed by atoms with van der Waals surface area (Å²) in [5, 5.41) is 0. The van der Waals surface area contributed by atoms with Gasteiger partial charge in [-0.2, -0.15) is 0 Å². The summed E-state index contributed by atoms with van der Waals surface area (Å²) in [7, 11) is 0. The van der Waals surface area contributed by atoms with Crippen LogP contribution in [0.5, 0.6) is 0 Å². The van der Waals surface area contributed by atoms with Crippen LogP contribution in [0.2, 0.25) is 0 Å². The maximum Gasteiger partial charge on any atom is 0.132 e. The second kappa shape index (κ2) is 5.44. The smallest absolute Gasteiger partial charge is 0.132 e. The first-order valence-corrected chi connectivity index (χ1v) is 6.63. The van der Waals surface area contributed by atoms with Crippen LogP contribution >= 0.6 is 0 Å². The number of hydrogen-bond acceptors (Lipinski definition) is 1. The Bertz CT molecular complexity index is 797. The fraction of sp³-hybridized carbons (Fsp3) is 0.0556. The predicted octanol–water partition coefficient (Wildman–Crippen LogP) is 5.00. The molecule has 0 saturated heterocycles. The zero-order chi connectivity index (χ0) is 14.8. The number of benzene rings is 2. The molecule has 104 valence electrons. The van der Waals surface area contributed by atoms with Crippen LogP contribution in [0.25, 0.3) is 22.4 Å². The molecule has 0 spiro atoms. The molecule has 3 heteroatoms. The fourth-order valence-electron chi connectivity index (χ4n) is 2.32. The molecule has 2 aromatic carbocycles. The lowest BCUT2D eigenvalue weighted by atomic mass is 9.97. The van der Waals surface area contributed by atoms with Crippen molar-refractivity contribution >= 4 is 0 Å². The van der Waals surface area contributed by atoms with Gasteiger partial charge >= 0.3 is 0 Å². The molecule has 0 bridgehead atoms. The van der Waals surface area contributed by atoms with E-state index in [-0.39, 0.29) is 11.6 Å². The third kappa shape index (κ3) is 2.55. The van der Waals surface area contributed by atoms with E-state index in [0.29, 0.717) is 22.4 Å². The molecule has 0 aliphatic heterocycles. The zero-order valence-corrected chi connectivity index (χ0v) is 11.5. The molecule has 21 heavy (non-hydrogen) atoms. The molecule has 3 aromatic rings. The summed E-state index contributed by atoms with van der Waals surface area (Å²) in [5.74, 6) is -0.714. The van der Waals surface area contributed by atoms with Crippen LogP contribution in [0.4, 0.5) is 8.78 Å². The Morgan fingerprint density at radius 2 is 1.33 bits per heavy atom. The van der Waals surface area contributed by atoms with Gasteiger partial charge in [0.25, 0.3) is 0 Å². The topological polar surface area (TPSA) is 12.9 Å². The van der Waals surface area contributed by atoms with Crippen LogP contribution in [0, 0.1) is 18.6 Å². The highest BCUT2D eigenvalue weighted by Crippen LogP contribution is 2.33. The molecule has 0 aliphatic carbocycles. The van der Waals surface area contributed by atoms with Crippen LogP contribution in [0.1, 0.15) is 5.56 Å². The van der Waals surface area contributed by atoms with Crippen molar-refractivity contribution in [2.75, 3.05) is 0 Å². The van der Waals surface area contributed by atoms with Crippen molar-refractivity contribution in [1.29, 1.82) is 0 Å². The van der Waals surface area contributed by atoms with Gasteiger partial charge in [0.2, 0.25) is 0 Å². The van der Waals surface area contributed by atoms with E-state index < -0.39 is 0 Å². The normalized spacial score (nSPS) is 10.6. The monoisotopic (exact) mass is 281 g/mol. The molecule has 1 nitrogen and oxygen atoms in total. The lowest BCUT2D eigenvalue weighted by Gasteiger charge is -2.11. The largest absolute Gasteiger partial charge is 0.255 e. The summed E-state index contributed by atoms with van der Waals surface area (Å²) in [6.45, 7) is 1.88. The molecule has 1 heterocycles. The molecular formula is C18H13F2N. The standard InChI is InChI=1S/C18H13F2N/c1-12-10-15(13-6-2-4-8-16(13)19)18(21-11-12)14-7-3-5-9-17(14)20/h2-11H,1H3. The minimum Gasteiger partial charge on any atom is -0.255 e. The van der Waals surface area contributed by atoms with Crippen molar-refractivity contribution in [3.8, 4) is 22.4 Å². The van der Waals surface area contributed by atoms with E-state index in [0.717, 1.165) is 5.56 Å². The van der Waals surface area contributed by atoms with Crippen LogP contribution in [-0.2, 0) is 0 Å². The average molecular weight is 281 g/mol. The van der Waals surface area contributed by atoms with E-state index in [4.69, 9.17) is 0 Å². The first kappa shape index (κ1) is 13.4. The van der Waals surface area contributed by atoms with Gasteiger partial charge in [-0.15, -0.1) is 0 Å². The molecule has 0 amide bonds. The van der Waals surface area contributed by atoms with Gasteiger partial charge in [0, 0.05) is 22.9 Å². The number of aromatic nitrogens is 1. The highest BCUT2D eigenvalue weighted by molar-refractivity contribution is 5.81. The molecule has 0 N–H and O–H groups in total. The van der Waals surface area contributed by atoms with Crippen LogP contribution in [-0.4, -0.2) is 4.98 Å². The summed E-state index contributed by atoms with van der Waals surface area (Å²) in [6.07, 6.45) is 1.66. The predicted molar refractivity (Wildman–Crippen MR) is 79.8 cm³/mol. The second-order valence-electron chi connectivity index (χ2n) is 4.87. The number of rotatable bonds is 2. The van der Waals surface area contributed by atoms with Gasteiger partial charge in [-0.25, -0.2) is 8.78 Å². The molecular weight excluding hydrogens is 268 g/mol. The quantitative estimate of drug-likeness (QED) is 0.644. The van der Waals surface area contributed by atoms with Crippen molar-refractivity contribution in [2.24, 2.45) is 0 Å². The first-order valence-electron chi connectivity index (χ1n) is 6.63. The zero-order valence-electron chi connectivity index (χ0n) is 11.5. The van der Waals surface area contributed by atoms with Gasteiger partial charge in [-0.05, 0) is 36.8 Å². The van der Waals surface area contributed by atoms with Crippen LogP contribution in [0.15, 0.2) is 60.8 Å². The number of aryl methyl sites for hydroxylation is 1. The number of pyridine rings is 1. The SMILES string of the molecule is Cc1cnc(-c2ccccc2F)c(-c2ccccc2F)c1. The summed E-state index contributed by atoms with van der Waals surface area (Å²) >= 11 is 0. The number of hydrogen-bond donors (Lipinski definition) is 0. The van der Waals surface area contributed by atoms with E-state index in [9.17, 15) is 8.78 Å². The van der Waals surface area contributed by atoms with Crippen molar-refractivity contribution in [3.05, 3.63) is 78.0 Å². The van der Waals surface area contributed by atoms with Gasteiger partial charge in [-0.3, -0.25) is 4.98 Å². The Kier molecular flexibility index (Phi) is 3.48. The Morgan fingerprint density at radius 3 is 1.95 bits per heavy atom. The van der Waals surface area contributed by atoms with Crippen molar-refractivity contribution in [1.82, 2.24) is 4.98 Å². The van der Waals surface area contributed by atoms with Crippen LogP contribution < -0.4 is 0 Å². The average Bonchev–Trinajstić information content (AvgIpc) is 2.49. The maximum atomic E-state index is 14.1. The molecule has 0 fully saturated rings. The maximum absolute atomic E-state index is 14.1. The van der Waals surface area contributed by atoms with Gasteiger partial charge in [0.05, 0.1) is 5.69 Å². The molecule has 0 radical (unpaired) electrons. The number of nitrogens with zero attached hydrogens (tertiary/aromatic N) is 1. The van der Waals surface area contributed by atoms with Gasteiger partial charge in [0.15, 0.2) is 0 Å². The summed E-state index contributed by atoms with van der Waals surface area (Å²) in [6, 6.07) is 14.7. The van der Waals surface area contributed by atoms with Gasteiger partial charge < -0.3 is 0 Å². The minimum atomic E-state index is -0.369. The highest BCUT2D eigenvalue weighted by Gasteiger charge is 2.15. The summed E-state index contributed by atoms with van der Waals surface area (Å²) < 4.78 is 28.1. The number of halogens is 2. The van der Waals surface area contributed by atoms with E-state index in [2.05, 4.69) is 4.98 Å². The molecule has 0 atom stereocenters. The van der Waals surface area contributed by atoms with E-state index in [1.54, 1.807) is 42.6 Å². The Morgan fingerprint density at radius 1 is 0.762 bits per heavy atom. The molecule has 3 rings (SSSR count). The second-order valence-corrected chi connectivity index (χ2v) is 4.87. The minimum absolute atomic E-state index is 0.345. The Labute approximate surface area is 121 Å². The first-order chi connectivity index (χ1) is 10.2.